The van der Waals surface area contributed by atoms with E-state index in [1.54, 1.807) is 18.2 Å². The minimum atomic E-state index is -1.13. The molecule has 1 aliphatic heterocycles. The van der Waals surface area contributed by atoms with Gasteiger partial charge in [-0.3, -0.25) is 4.79 Å². The maximum Gasteiger partial charge on any atom is 0.305 e. The van der Waals surface area contributed by atoms with Gasteiger partial charge in [-0.2, -0.15) is 0 Å². The molecular weight excluding hydrogens is 391 g/mol. The predicted molar refractivity (Wildman–Crippen MR) is 109 cm³/mol. The van der Waals surface area contributed by atoms with Crippen molar-refractivity contribution in [2.45, 2.75) is 57.5 Å². The number of ether oxygens (including phenoxy) is 2. The number of halogens is 1. The number of aliphatic carboxylic acids is 1. The van der Waals surface area contributed by atoms with Crippen molar-refractivity contribution in [3.8, 4) is 0 Å². The number of hydrogen-bond acceptors (Lipinski definition) is 5. The van der Waals surface area contributed by atoms with E-state index in [1.807, 2.05) is 6.08 Å². The van der Waals surface area contributed by atoms with Crippen LogP contribution >= 0.6 is 0 Å². The highest BCUT2D eigenvalue weighted by molar-refractivity contribution is 5.74. The van der Waals surface area contributed by atoms with Gasteiger partial charge in [-0.15, -0.1) is 0 Å². The van der Waals surface area contributed by atoms with E-state index in [9.17, 15) is 19.4 Å². The maximum absolute atomic E-state index is 13.5. The largest absolute Gasteiger partial charge is 0.481 e. The van der Waals surface area contributed by atoms with Gasteiger partial charge in [-0.1, -0.05) is 38.1 Å². The molecule has 0 amide bonds. The summed E-state index contributed by atoms with van der Waals surface area (Å²) in [4.78, 5) is 10.7. The van der Waals surface area contributed by atoms with Crippen LogP contribution in [0.4, 0.5) is 4.39 Å². The van der Waals surface area contributed by atoms with Crippen LogP contribution in [0.2, 0.25) is 0 Å². The van der Waals surface area contributed by atoms with Crippen LogP contribution < -0.4 is 0 Å². The van der Waals surface area contributed by atoms with Crippen LogP contribution in [0.1, 0.15) is 45.1 Å². The first-order valence-electron chi connectivity index (χ1n) is 10.1. The van der Waals surface area contributed by atoms with Gasteiger partial charge < -0.3 is 24.8 Å². The van der Waals surface area contributed by atoms with Crippen molar-refractivity contribution in [3.05, 3.63) is 53.4 Å². The molecule has 0 aromatic heterocycles. The Hall–Kier alpha value is -2.06. The quantitative estimate of drug-likeness (QED) is 0.627. The van der Waals surface area contributed by atoms with E-state index < -0.39 is 30.4 Å². The predicted octanol–water partition coefficient (Wildman–Crippen LogP) is 3.29. The van der Waals surface area contributed by atoms with Gasteiger partial charge in [-0.25, -0.2) is 4.39 Å². The standard InChI is InChI=1S/C23H29FO6/c1-22(2)14-23(29-9-10-30-23)13-19(15-3-5-16(24)6-4-15)20(22)8-7-17(25)11-18(26)12-21(27)28/h3-8,17-18,25-26H,9-14H2,1-2H3,(H,27,28)/b8-7+. The van der Waals surface area contributed by atoms with Crippen LogP contribution in [0, 0.1) is 11.2 Å². The Bertz CT molecular complexity index is 821. The fraction of sp³-hybridized carbons (Fsp3) is 0.522. The Kier molecular flexibility index (Phi) is 6.77. The van der Waals surface area contributed by atoms with Gasteiger partial charge in [0.25, 0.3) is 0 Å². The second-order valence-corrected chi connectivity index (χ2v) is 8.66. The summed E-state index contributed by atoms with van der Waals surface area (Å²) in [7, 11) is 0. The van der Waals surface area contributed by atoms with Crippen molar-refractivity contribution < 1.29 is 34.0 Å². The molecule has 0 bridgehead atoms. The Morgan fingerprint density at radius 2 is 1.83 bits per heavy atom. The molecule has 1 aromatic rings. The number of aliphatic hydroxyl groups is 2. The van der Waals surface area contributed by atoms with Gasteiger partial charge >= 0.3 is 5.97 Å². The van der Waals surface area contributed by atoms with Crippen LogP contribution in [-0.2, 0) is 14.3 Å². The first kappa shape index (κ1) is 22.6. The summed E-state index contributed by atoms with van der Waals surface area (Å²) in [5.74, 6) is -2.16. The molecule has 1 saturated heterocycles. The summed E-state index contributed by atoms with van der Waals surface area (Å²) in [6.45, 7) is 5.18. The van der Waals surface area contributed by atoms with E-state index >= 15 is 0 Å². The molecule has 1 spiro atoms. The van der Waals surface area contributed by atoms with Crippen molar-refractivity contribution >= 4 is 11.5 Å². The Morgan fingerprint density at radius 3 is 2.43 bits per heavy atom. The molecule has 1 heterocycles. The highest BCUT2D eigenvalue weighted by Gasteiger charge is 2.47. The topological polar surface area (TPSA) is 96.2 Å². The first-order chi connectivity index (χ1) is 14.1. The lowest BCUT2D eigenvalue weighted by molar-refractivity contribution is -0.174. The van der Waals surface area contributed by atoms with Crippen molar-refractivity contribution in [3.63, 3.8) is 0 Å². The third kappa shape index (κ3) is 5.35. The molecule has 1 fully saturated rings. The Balaban J connectivity index is 1.93. The fourth-order valence-corrected chi connectivity index (χ4v) is 4.39. The number of carbonyl (C=O) groups is 1. The number of aliphatic hydroxyl groups excluding tert-OH is 2. The number of carboxylic acid groups (broad SMARTS) is 1. The van der Waals surface area contributed by atoms with Crippen LogP contribution in [0.3, 0.4) is 0 Å². The molecule has 1 aliphatic carbocycles. The molecule has 1 aromatic carbocycles. The van der Waals surface area contributed by atoms with Gasteiger partial charge in [-0.05, 0) is 34.3 Å². The zero-order chi connectivity index (χ0) is 21.9. The number of rotatable bonds is 7. The lowest BCUT2D eigenvalue weighted by Crippen LogP contribution is -2.41. The van der Waals surface area contributed by atoms with E-state index in [-0.39, 0.29) is 17.7 Å². The molecule has 2 atom stereocenters. The van der Waals surface area contributed by atoms with Crippen LogP contribution in [-0.4, -0.2) is 52.5 Å². The molecule has 7 heteroatoms. The molecule has 2 unspecified atom stereocenters. The summed E-state index contributed by atoms with van der Waals surface area (Å²) in [5, 5.41) is 28.8. The highest BCUT2D eigenvalue weighted by atomic mass is 19.1. The normalized spacial score (nSPS) is 22.6. The van der Waals surface area contributed by atoms with Gasteiger partial charge in [0, 0.05) is 19.3 Å². The van der Waals surface area contributed by atoms with Crippen molar-refractivity contribution in [1.29, 1.82) is 0 Å². The van der Waals surface area contributed by atoms with E-state index in [0.717, 1.165) is 16.7 Å². The molecule has 6 nitrogen and oxygen atoms in total. The molecule has 30 heavy (non-hydrogen) atoms. The number of allylic oxidation sites excluding steroid dienone is 2. The summed E-state index contributed by atoms with van der Waals surface area (Å²) in [6.07, 6.45) is 1.90. The fourth-order valence-electron chi connectivity index (χ4n) is 4.39. The number of benzene rings is 1. The molecule has 164 valence electrons. The third-order valence-corrected chi connectivity index (χ3v) is 5.63. The minimum Gasteiger partial charge on any atom is -0.481 e. The monoisotopic (exact) mass is 420 g/mol. The summed E-state index contributed by atoms with van der Waals surface area (Å²) in [6, 6.07) is 6.25. The summed E-state index contributed by atoms with van der Waals surface area (Å²) < 4.78 is 25.4. The van der Waals surface area contributed by atoms with Gasteiger partial charge in [0.05, 0.1) is 31.8 Å². The second-order valence-electron chi connectivity index (χ2n) is 8.66. The SMILES string of the molecule is CC1(C)CC2(CC(c3ccc(F)cc3)=C1/C=C/C(O)CC(O)CC(=O)O)OCCO2. The van der Waals surface area contributed by atoms with E-state index in [1.165, 1.54) is 12.1 Å². The number of carboxylic acids is 1. The van der Waals surface area contributed by atoms with Gasteiger partial charge in [0.15, 0.2) is 5.79 Å². The van der Waals surface area contributed by atoms with E-state index in [0.29, 0.717) is 26.1 Å². The molecule has 0 radical (unpaired) electrons. The average molecular weight is 420 g/mol. The summed E-state index contributed by atoms with van der Waals surface area (Å²) in [5.41, 5.74) is 2.40. The Morgan fingerprint density at radius 1 is 1.20 bits per heavy atom. The van der Waals surface area contributed by atoms with Crippen molar-refractivity contribution in [1.82, 2.24) is 0 Å². The molecular formula is C23H29FO6. The third-order valence-electron chi connectivity index (χ3n) is 5.63. The van der Waals surface area contributed by atoms with Crippen LogP contribution in [0.15, 0.2) is 42.0 Å². The second kappa shape index (κ2) is 8.98. The molecule has 0 saturated carbocycles. The lowest BCUT2D eigenvalue weighted by atomic mass is 9.68. The first-order valence-corrected chi connectivity index (χ1v) is 10.1. The van der Waals surface area contributed by atoms with Gasteiger partial charge in [0.2, 0.25) is 0 Å². The smallest absolute Gasteiger partial charge is 0.305 e. The van der Waals surface area contributed by atoms with Crippen molar-refractivity contribution in [2.24, 2.45) is 5.41 Å². The zero-order valence-electron chi connectivity index (χ0n) is 17.3. The van der Waals surface area contributed by atoms with Crippen LogP contribution in [0.25, 0.3) is 5.57 Å². The van der Waals surface area contributed by atoms with E-state index in [4.69, 9.17) is 14.6 Å². The molecule has 3 N–H and O–H groups in total. The maximum atomic E-state index is 13.5. The lowest BCUT2D eigenvalue weighted by Gasteiger charge is -2.43. The van der Waals surface area contributed by atoms with Crippen LogP contribution in [0.5, 0.6) is 0 Å². The van der Waals surface area contributed by atoms with Crippen molar-refractivity contribution in [2.75, 3.05) is 13.2 Å². The zero-order valence-corrected chi connectivity index (χ0v) is 17.3. The molecule has 3 rings (SSSR count). The molecule has 2 aliphatic rings. The van der Waals surface area contributed by atoms with E-state index in [2.05, 4.69) is 13.8 Å². The summed E-state index contributed by atoms with van der Waals surface area (Å²) >= 11 is 0. The average Bonchev–Trinajstić information content (AvgIpc) is 3.07. The van der Waals surface area contributed by atoms with Gasteiger partial charge in [0.1, 0.15) is 5.82 Å². The Labute approximate surface area is 175 Å². The number of hydrogen-bond donors (Lipinski definition) is 3. The highest BCUT2D eigenvalue weighted by Crippen LogP contribution is 2.51. The minimum absolute atomic E-state index is 0.0709.